The number of ether oxygens (including phenoxy) is 2. The van der Waals surface area contributed by atoms with Crippen molar-refractivity contribution in [3.05, 3.63) is 45.8 Å². The fraction of sp³-hybridized carbons (Fsp3) is 0.500. The van der Waals surface area contributed by atoms with E-state index in [1.54, 1.807) is 25.4 Å². The number of nitrogens with one attached hydrogen (secondary N) is 1. The first kappa shape index (κ1) is 19.4. The standard InChI is InChI=1S/C22H28N2O3S/c1-15(25)23-22-20(18-8-3-4-9-19(18)28-22)21(24-10-12-27-13-11-24)16-6-5-7-17(14-16)26-2/h5-7,14,21H,3-4,8-13H2,1-2H3,(H,23,25)/t21-/m1/s1. The Labute approximate surface area is 170 Å². The third-order valence-electron chi connectivity index (χ3n) is 5.60. The number of methoxy groups -OCH3 is 1. The molecule has 1 aliphatic heterocycles. The van der Waals surface area contributed by atoms with E-state index in [0.29, 0.717) is 0 Å². The number of morpholine rings is 1. The number of anilines is 1. The highest BCUT2D eigenvalue weighted by Crippen LogP contribution is 2.45. The minimum Gasteiger partial charge on any atom is -0.497 e. The molecule has 0 unspecified atom stereocenters. The predicted molar refractivity (Wildman–Crippen MR) is 112 cm³/mol. The average Bonchev–Trinajstić information content (AvgIpc) is 3.06. The van der Waals surface area contributed by atoms with Crippen molar-refractivity contribution >= 4 is 22.2 Å². The summed E-state index contributed by atoms with van der Waals surface area (Å²) in [5.74, 6) is 0.854. The Hall–Kier alpha value is -1.89. The van der Waals surface area contributed by atoms with E-state index in [-0.39, 0.29) is 11.9 Å². The lowest BCUT2D eigenvalue weighted by atomic mass is 9.88. The highest BCUT2D eigenvalue weighted by Gasteiger charge is 2.32. The van der Waals surface area contributed by atoms with Crippen LogP contribution in [-0.4, -0.2) is 44.2 Å². The highest BCUT2D eigenvalue weighted by molar-refractivity contribution is 7.16. The first-order valence-electron chi connectivity index (χ1n) is 10.0. The van der Waals surface area contributed by atoms with Crippen LogP contribution in [-0.2, 0) is 22.4 Å². The molecule has 0 radical (unpaired) electrons. The lowest BCUT2D eigenvalue weighted by molar-refractivity contribution is -0.114. The number of carbonyl (C=O) groups excluding carboxylic acids is 1. The lowest BCUT2D eigenvalue weighted by Gasteiger charge is -2.36. The molecule has 0 bridgehead atoms. The second kappa shape index (κ2) is 8.64. The molecular formula is C22H28N2O3S. The molecule has 2 aromatic rings. The fourth-order valence-electron chi connectivity index (χ4n) is 4.34. The molecule has 1 saturated heterocycles. The molecular weight excluding hydrogens is 372 g/mol. The number of aryl methyl sites for hydroxylation is 1. The van der Waals surface area contributed by atoms with Crippen molar-refractivity contribution in [1.82, 2.24) is 4.90 Å². The molecule has 1 N–H and O–H groups in total. The first-order valence-corrected chi connectivity index (χ1v) is 10.9. The minimum atomic E-state index is -0.00813. The van der Waals surface area contributed by atoms with E-state index in [2.05, 4.69) is 28.4 Å². The molecule has 4 rings (SSSR count). The Balaban J connectivity index is 1.85. The van der Waals surface area contributed by atoms with Crippen LogP contribution in [0.15, 0.2) is 24.3 Å². The molecule has 1 aromatic heterocycles. The predicted octanol–water partition coefficient (Wildman–Crippen LogP) is 4.02. The SMILES string of the molecule is COc1cccc([C@H](c2c(NC(C)=O)sc3c2CCCC3)N2CCOCC2)c1. The Morgan fingerprint density at radius 1 is 1.25 bits per heavy atom. The fourth-order valence-corrected chi connectivity index (χ4v) is 5.71. The second-order valence-corrected chi connectivity index (χ2v) is 8.57. The Morgan fingerprint density at radius 3 is 2.79 bits per heavy atom. The lowest BCUT2D eigenvalue weighted by Crippen LogP contribution is -2.40. The van der Waals surface area contributed by atoms with Gasteiger partial charge in [-0.3, -0.25) is 9.69 Å². The van der Waals surface area contributed by atoms with Gasteiger partial charge in [0.2, 0.25) is 5.91 Å². The van der Waals surface area contributed by atoms with E-state index in [1.165, 1.54) is 34.4 Å². The van der Waals surface area contributed by atoms with Crippen molar-refractivity contribution in [2.75, 3.05) is 38.7 Å². The number of amides is 1. The van der Waals surface area contributed by atoms with Crippen molar-refractivity contribution in [3.8, 4) is 5.75 Å². The number of fused-ring (bicyclic) bond motifs is 1. The van der Waals surface area contributed by atoms with Crippen LogP contribution < -0.4 is 10.1 Å². The number of benzene rings is 1. The Bertz CT molecular complexity index is 842. The summed E-state index contributed by atoms with van der Waals surface area (Å²) < 4.78 is 11.1. The summed E-state index contributed by atoms with van der Waals surface area (Å²) in [6.45, 7) is 4.83. The third kappa shape index (κ3) is 3.95. The van der Waals surface area contributed by atoms with Crippen LogP contribution in [0.3, 0.4) is 0 Å². The van der Waals surface area contributed by atoms with E-state index >= 15 is 0 Å². The molecule has 2 aliphatic rings. The minimum absolute atomic E-state index is 0.00813. The first-order chi connectivity index (χ1) is 13.7. The van der Waals surface area contributed by atoms with E-state index in [4.69, 9.17) is 9.47 Å². The van der Waals surface area contributed by atoms with Crippen molar-refractivity contribution in [1.29, 1.82) is 0 Å². The van der Waals surface area contributed by atoms with E-state index < -0.39 is 0 Å². The molecule has 1 aliphatic carbocycles. The summed E-state index contributed by atoms with van der Waals surface area (Å²) in [5, 5.41) is 4.15. The van der Waals surface area contributed by atoms with Crippen molar-refractivity contribution < 1.29 is 14.3 Å². The van der Waals surface area contributed by atoms with Gasteiger partial charge >= 0.3 is 0 Å². The number of carbonyl (C=O) groups is 1. The van der Waals surface area contributed by atoms with Crippen LogP contribution in [0.2, 0.25) is 0 Å². The van der Waals surface area contributed by atoms with Crippen LogP contribution in [0, 0.1) is 0 Å². The maximum Gasteiger partial charge on any atom is 0.221 e. The largest absolute Gasteiger partial charge is 0.497 e. The molecule has 2 heterocycles. The number of hydrogen-bond donors (Lipinski definition) is 1. The molecule has 1 fully saturated rings. The molecule has 6 heteroatoms. The smallest absolute Gasteiger partial charge is 0.221 e. The third-order valence-corrected chi connectivity index (χ3v) is 6.82. The van der Waals surface area contributed by atoms with E-state index in [1.807, 2.05) is 6.07 Å². The molecule has 0 spiro atoms. The highest BCUT2D eigenvalue weighted by atomic mass is 32.1. The van der Waals surface area contributed by atoms with Crippen LogP contribution in [0.4, 0.5) is 5.00 Å². The van der Waals surface area contributed by atoms with Gasteiger partial charge in [-0.25, -0.2) is 0 Å². The van der Waals surface area contributed by atoms with Crippen molar-refractivity contribution in [3.63, 3.8) is 0 Å². The van der Waals surface area contributed by atoms with E-state index in [0.717, 1.165) is 49.9 Å². The van der Waals surface area contributed by atoms with Crippen molar-refractivity contribution in [2.24, 2.45) is 0 Å². The zero-order valence-electron chi connectivity index (χ0n) is 16.6. The van der Waals surface area contributed by atoms with Gasteiger partial charge in [0.1, 0.15) is 10.8 Å². The number of nitrogens with zero attached hydrogens (tertiary/aromatic N) is 1. The monoisotopic (exact) mass is 400 g/mol. The summed E-state index contributed by atoms with van der Waals surface area (Å²) in [7, 11) is 1.71. The summed E-state index contributed by atoms with van der Waals surface area (Å²) >= 11 is 1.77. The number of thiophene rings is 1. The zero-order valence-corrected chi connectivity index (χ0v) is 17.4. The summed E-state index contributed by atoms with van der Waals surface area (Å²) in [6.07, 6.45) is 4.64. The summed E-state index contributed by atoms with van der Waals surface area (Å²) in [4.78, 5) is 15.9. The van der Waals surface area contributed by atoms with Gasteiger partial charge in [-0.05, 0) is 48.9 Å². The van der Waals surface area contributed by atoms with Gasteiger partial charge in [0.15, 0.2) is 0 Å². The molecule has 1 aromatic carbocycles. The van der Waals surface area contributed by atoms with Gasteiger partial charge in [0.05, 0.1) is 26.4 Å². The van der Waals surface area contributed by atoms with Gasteiger partial charge < -0.3 is 14.8 Å². The average molecular weight is 401 g/mol. The van der Waals surface area contributed by atoms with Crippen molar-refractivity contribution in [2.45, 2.75) is 38.6 Å². The van der Waals surface area contributed by atoms with Gasteiger partial charge in [0.25, 0.3) is 0 Å². The van der Waals surface area contributed by atoms with Crippen LogP contribution >= 0.6 is 11.3 Å². The zero-order chi connectivity index (χ0) is 19.5. The molecule has 0 saturated carbocycles. The van der Waals surface area contributed by atoms with Gasteiger partial charge in [-0.15, -0.1) is 11.3 Å². The normalized spacial score (nSPS) is 18.4. The summed E-state index contributed by atoms with van der Waals surface area (Å²) in [5.41, 5.74) is 3.93. The molecule has 28 heavy (non-hydrogen) atoms. The quantitative estimate of drug-likeness (QED) is 0.824. The Kier molecular flexibility index (Phi) is 5.99. The van der Waals surface area contributed by atoms with Crippen LogP contribution in [0.5, 0.6) is 5.75 Å². The summed E-state index contributed by atoms with van der Waals surface area (Å²) in [6, 6.07) is 8.44. The molecule has 150 valence electrons. The number of rotatable bonds is 5. The second-order valence-electron chi connectivity index (χ2n) is 7.46. The molecule has 1 amide bonds. The topological polar surface area (TPSA) is 50.8 Å². The van der Waals surface area contributed by atoms with Crippen LogP contribution in [0.1, 0.15) is 47.4 Å². The van der Waals surface area contributed by atoms with Crippen LogP contribution in [0.25, 0.3) is 0 Å². The maximum atomic E-state index is 12.0. The van der Waals surface area contributed by atoms with Gasteiger partial charge in [-0.1, -0.05) is 12.1 Å². The maximum absolute atomic E-state index is 12.0. The molecule has 5 nitrogen and oxygen atoms in total. The molecule has 1 atom stereocenters. The Morgan fingerprint density at radius 2 is 2.04 bits per heavy atom. The van der Waals surface area contributed by atoms with Gasteiger partial charge in [0, 0.05) is 30.5 Å². The van der Waals surface area contributed by atoms with Gasteiger partial charge in [-0.2, -0.15) is 0 Å². The number of hydrogen-bond acceptors (Lipinski definition) is 5. The van der Waals surface area contributed by atoms with E-state index in [9.17, 15) is 4.79 Å².